The first kappa shape index (κ1) is 14.1. The molecule has 1 heterocycles. The minimum atomic E-state index is 0.277. The zero-order valence-corrected chi connectivity index (χ0v) is 13.3. The molecule has 0 saturated heterocycles. The maximum Gasteiger partial charge on any atom is 0.229 e. The van der Waals surface area contributed by atoms with Crippen LogP contribution >= 0.6 is 50.7 Å². The summed E-state index contributed by atoms with van der Waals surface area (Å²) in [5, 5.41) is 9.06. The van der Waals surface area contributed by atoms with Crippen LogP contribution < -0.4 is 0 Å². The zero-order valence-electron chi connectivity index (χ0n) is 9.42. The van der Waals surface area contributed by atoms with E-state index in [9.17, 15) is 0 Å². The molecule has 3 nitrogen and oxygen atoms in total. The molecule has 0 aliphatic heterocycles. The maximum atomic E-state index is 6.24. The Hall–Kier alpha value is -0.290. The van der Waals surface area contributed by atoms with Gasteiger partial charge in [0, 0.05) is 10.9 Å². The Kier molecular flexibility index (Phi) is 4.54. The lowest BCUT2D eigenvalue weighted by Crippen LogP contribution is -2.02. The van der Waals surface area contributed by atoms with Crippen molar-refractivity contribution in [2.24, 2.45) is 0 Å². The molecule has 0 saturated carbocycles. The molecule has 18 heavy (non-hydrogen) atoms. The number of rotatable bonds is 3. The van der Waals surface area contributed by atoms with Gasteiger partial charge in [-0.25, -0.2) is 0 Å². The molecule has 2 aromatic rings. The number of aromatic nitrogens is 3. The number of benzene rings is 1. The molecule has 0 radical (unpaired) electrons. The van der Waals surface area contributed by atoms with E-state index in [1.54, 1.807) is 4.57 Å². The summed E-state index contributed by atoms with van der Waals surface area (Å²) in [6.07, 6.45) is 1.71. The Morgan fingerprint density at radius 3 is 2.56 bits per heavy atom. The van der Waals surface area contributed by atoms with Crippen LogP contribution in [0.3, 0.4) is 0 Å². The van der Waals surface area contributed by atoms with Crippen LogP contribution in [0, 0.1) is 0 Å². The molecule has 96 valence electrons. The van der Waals surface area contributed by atoms with Crippen molar-refractivity contribution in [1.29, 1.82) is 0 Å². The standard InChI is InChI=1S/C11H9BrCl3N3/c1-2-3-8-16-17-11(15)18(8)7-5-4-6(12)9(13)10(7)14/h4-5H,2-3H2,1H3. The summed E-state index contributed by atoms with van der Waals surface area (Å²) in [6, 6.07) is 3.64. The van der Waals surface area contributed by atoms with Crippen molar-refractivity contribution in [3.05, 3.63) is 37.8 Å². The number of hydrogen-bond donors (Lipinski definition) is 0. The summed E-state index contributed by atoms with van der Waals surface area (Å²) in [6.45, 7) is 2.06. The third-order valence-corrected chi connectivity index (χ3v) is 4.43. The van der Waals surface area contributed by atoms with Gasteiger partial charge in [0.15, 0.2) is 0 Å². The molecule has 0 N–H and O–H groups in total. The van der Waals surface area contributed by atoms with Crippen molar-refractivity contribution in [3.63, 3.8) is 0 Å². The van der Waals surface area contributed by atoms with Gasteiger partial charge in [-0.15, -0.1) is 10.2 Å². The average molecular weight is 369 g/mol. The molecule has 0 aliphatic carbocycles. The summed E-state index contributed by atoms with van der Waals surface area (Å²) in [5.74, 6) is 0.766. The molecule has 2 rings (SSSR count). The lowest BCUT2D eigenvalue weighted by Gasteiger charge is -2.11. The Labute approximate surface area is 128 Å². The van der Waals surface area contributed by atoms with E-state index in [4.69, 9.17) is 34.8 Å². The third-order valence-electron chi connectivity index (χ3n) is 2.42. The van der Waals surface area contributed by atoms with Crippen LogP contribution in [0.4, 0.5) is 0 Å². The van der Waals surface area contributed by atoms with Crippen molar-refractivity contribution >= 4 is 50.7 Å². The van der Waals surface area contributed by atoms with Crippen molar-refractivity contribution in [1.82, 2.24) is 14.8 Å². The second-order valence-corrected chi connectivity index (χ2v) is 5.61. The van der Waals surface area contributed by atoms with Crippen LogP contribution in [0.15, 0.2) is 16.6 Å². The minimum absolute atomic E-state index is 0.277. The number of halogens is 4. The second kappa shape index (κ2) is 5.78. The van der Waals surface area contributed by atoms with Gasteiger partial charge in [0.05, 0.1) is 15.7 Å². The van der Waals surface area contributed by atoms with E-state index in [0.29, 0.717) is 15.7 Å². The van der Waals surface area contributed by atoms with Crippen molar-refractivity contribution in [2.45, 2.75) is 19.8 Å². The summed E-state index contributed by atoms with van der Waals surface area (Å²) < 4.78 is 2.45. The molecule has 0 amide bonds. The molecule has 7 heteroatoms. The Bertz CT molecular complexity index is 583. The fraction of sp³-hybridized carbons (Fsp3) is 0.273. The SMILES string of the molecule is CCCc1nnc(Cl)n1-c1ccc(Br)c(Cl)c1Cl. The van der Waals surface area contributed by atoms with Crippen LogP contribution in [-0.4, -0.2) is 14.8 Å². The van der Waals surface area contributed by atoms with E-state index >= 15 is 0 Å². The van der Waals surface area contributed by atoms with Gasteiger partial charge in [0.25, 0.3) is 0 Å². The van der Waals surface area contributed by atoms with Gasteiger partial charge in [-0.2, -0.15) is 0 Å². The van der Waals surface area contributed by atoms with E-state index in [-0.39, 0.29) is 5.28 Å². The molecular formula is C11H9BrCl3N3. The van der Waals surface area contributed by atoms with Gasteiger partial charge < -0.3 is 0 Å². The Balaban J connectivity index is 2.62. The highest BCUT2D eigenvalue weighted by atomic mass is 79.9. The fourth-order valence-corrected chi connectivity index (χ4v) is 2.69. The number of nitrogens with zero attached hydrogens (tertiary/aromatic N) is 3. The van der Waals surface area contributed by atoms with Crippen LogP contribution in [0.25, 0.3) is 5.69 Å². The lowest BCUT2D eigenvalue weighted by molar-refractivity contribution is 0.803. The molecule has 0 unspecified atom stereocenters. The first-order valence-corrected chi connectivity index (χ1v) is 7.22. The van der Waals surface area contributed by atoms with Crippen molar-refractivity contribution in [3.8, 4) is 5.69 Å². The van der Waals surface area contributed by atoms with Crippen molar-refractivity contribution in [2.75, 3.05) is 0 Å². The first-order chi connectivity index (χ1) is 8.56. The largest absolute Gasteiger partial charge is 0.268 e. The molecule has 0 bridgehead atoms. The highest BCUT2D eigenvalue weighted by Gasteiger charge is 2.16. The fourth-order valence-electron chi connectivity index (χ4n) is 1.61. The molecule has 0 fully saturated rings. The van der Waals surface area contributed by atoms with Crippen LogP contribution in [-0.2, 0) is 6.42 Å². The normalized spacial score (nSPS) is 10.9. The maximum absolute atomic E-state index is 6.24. The van der Waals surface area contributed by atoms with Crippen LogP contribution in [0.1, 0.15) is 19.2 Å². The molecule has 0 spiro atoms. The van der Waals surface area contributed by atoms with Gasteiger partial charge in [-0.1, -0.05) is 30.1 Å². The number of hydrogen-bond acceptors (Lipinski definition) is 2. The van der Waals surface area contributed by atoms with E-state index in [1.807, 2.05) is 12.1 Å². The summed E-state index contributed by atoms with van der Waals surface area (Å²) in [5.41, 5.74) is 0.684. The second-order valence-electron chi connectivity index (χ2n) is 3.67. The van der Waals surface area contributed by atoms with Gasteiger partial charge in [-0.05, 0) is 46.1 Å². The topological polar surface area (TPSA) is 30.7 Å². The highest BCUT2D eigenvalue weighted by Crippen LogP contribution is 2.36. The van der Waals surface area contributed by atoms with E-state index < -0.39 is 0 Å². The first-order valence-electron chi connectivity index (χ1n) is 5.30. The van der Waals surface area contributed by atoms with E-state index in [0.717, 1.165) is 23.1 Å². The lowest BCUT2D eigenvalue weighted by atomic mass is 10.3. The molecule has 0 atom stereocenters. The Morgan fingerprint density at radius 2 is 1.89 bits per heavy atom. The highest BCUT2D eigenvalue weighted by molar-refractivity contribution is 9.10. The molecular weight excluding hydrogens is 360 g/mol. The third kappa shape index (κ3) is 2.52. The molecule has 0 aliphatic rings. The monoisotopic (exact) mass is 367 g/mol. The van der Waals surface area contributed by atoms with Gasteiger partial charge in [0.2, 0.25) is 5.28 Å². The van der Waals surface area contributed by atoms with Crippen LogP contribution in [0.5, 0.6) is 0 Å². The van der Waals surface area contributed by atoms with E-state index in [1.165, 1.54) is 0 Å². The number of aryl methyl sites for hydroxylation is 1. The molecule has 1 aromatic heterocycles. The molecule has 1 aromatic carbocycles. The summed E-state index contributed by atoms with van der Waals surface area (Å²) in [7, 11) is 0. The van der Waals surface area contributed by atoms with Gasteiger partial charge in [0.1, 0.15) is 5.82 Å². The summed E-state index contributed by atoms with van der Waals surface area (Å²) in [4.78, 5) is 0. The Morgan fingerprint density at radius 1 is 1.17 bits per heavy atom. The van der Waals surface area contributed by atoms with E-state index in [2.05, 4.69) is 33.1 Å². The minimum Gasteiger partial charge on any atom is -0.268 e. The van der Waals surface area contributed by atoms with Gasteiger partial charge >= 0.3 is 0 Å². The smallest absolute Gasteiger partial charge is 0.229 e. The van der Waals surface area contributed by atoms with Crippen LogP contribution in [0.2, 0.25) is 15.3 Å². The predicted molar refractivity (Wildman–Crippen MR) is 78.1 cm³/mol. The zero-order chi connectivity index (χ0) is 13.3. The summed E-state index contributed by atoms with van der Waals surface area (Å²) >= 11 is 21.7. The quantitative estimate of drug-likeness (QED) is 0.717. The average Bonchev–Trinajstić information content (AvgIpc) is 2.69. The van der Waals surface area contributed by atoms with Crippen molar-refractivity contribution < 1.29 is 0 Å². The van der Waals surface area contributed by atoms with Gasteiger partial charge in [-0.3, -0.25) is 4.57 Å². The predicted octanol–water partition coefficient (Wildman–Crippen LogP) is 4.94.